The lowest BCUT2D eigenvalue weighted by atomic mass is 10.1. The average molecular weight is 409 g/mol. The van der Waals surface area contributed by atoms with E-state index in [9.17, 15) is 9.90 Å². The van der Waals surface area contributed by atoms with Crippen molar-refractivity contribution in [2.45, 2.75) is 38.5 Å². The molecule has 29 heavy (non-hydrogen) atoms. The van der Waals surface area contributed by atoms with Gasteiger partial charge >= 0.3 is 0 Å². The van der Waals surface area contributed by atoms with Gasteiger partial charge in [0.1, 0.15) is 18.2 Å². The van der Waals surface area contributed by atoms with Crippen molar-refractivity contribution in [1.82, 2.24) is 15.2 Å². The summed E-state index contributed by atoms with van der Waals surface area (Å²) in [5.74, 6) is 0.183. The van der Waals surface area contributed by atoms with Gasteiger partial charge in [-0.25, -0.2) is 4.98 Å². The third kappa shape index (κ3) is 6.22. The zero-order valence-electron chi connectivity index (χ0n) is 16.3. The number of benzene rings is 2. The van der Waals surface area contributed by atoms with Crippen LogP contribution < -0.4 is 9.84 Å². The highest BCUT2D eigenvalue weighted by Crippen LogP contribution is 2.26. The molecule has 0 fully saturated rings. The minimum absolute atomic E-state index is 0.0420. The molecule has 1 aromatic heterocycles. The Morgan fingerprint density at radius 2 is 1.90 bits per heavy atom. The number of nitrogens with one attached hydrogen (secondary N) is 1. The van der Waals surface area contributed by atoms with Crippen molar-refractivity contribution in [1.29, 1.82) is 0 Å². The monoisotopic (exact) mass is 408 g/mol. The molecule has 0 aliphatic carbocycles. The molecule has 7 heteroatoms. The van der Waals surface area contributed by atoms with Crippen LogP contribution in [0.4, 0.5) is 0 Å². The summed E-state index contributed by atoms with van der Waals surface area (Å²) in [5.41, 5.74) is 3.02. The molecule has 2 aromatic carbocycles. The van der Waals surface area contributed by atoms with Gasteiger partial charge in [0.2, 0.25) is 5.16 Å². The van der Waals surface area contributed by atoms with Crippen LogP contribution in [0.25, 0.3) is 6.08 Å². The molecular formula is C22H22N3O3S-. The maximum absolute atomic E-state index is 11.5. The van der Waals surface area contributed by atoms with Crippen molar-refractivity contribution >= 4 is 23.8 Å². The Kier molecular flexibility index (Phi) is 7.08. The number of hydrogen-bond donors (Lipinski definition) is 1. The first-order chi connectivity index (χ1) is 14.0. The average Bonchev–Trinajstić information content (AvgIpc) is 3.15. The Morgan fingerprint density at radius 1 is 1.17 bits per heavy atom. The molecule has 0 aliphatic heterocycles. The van der Waals surface area contributed by atoms with Gasteiger partial charge in [-0.3, -0.25) is 5.10 Å². The highest BCUT2D eigenvalue weighted by molar-refractivity contribution is 8.04. The fraction of sp³-hybridized carbons (Fsp3) is 0.227. The number of aromatic nitrogens is 3. The van der Waals surface area contributed by atoms with Gasteiger partial charge in [0.15, 0.2) is 0 Å². The molecule has 1 N–H and O–H groups in total. The Bertz CT molecular complexity index is 979. The lowest BCUT2D eigenvalue weighted by molar-refractivity contribution is -0.297. The van der Waals surface area contributed by atoms with Gasteiger partial charge < -0.3 is 14.6 Å². The molecule has 0 spiro atoms. The second-order valence-electron chi connectivity index (χ2n) is 6.56. The highest BCUT2D eigenvalue weighted by atomic mass is 32.2. The van der Waals surface area contributed by atoms with Crippen molar-refractivity contribution in [3.63, 3.8) is 0 Å². The van der Waals surface area contributed by atoms with Gasteiger partial charge in [-0.1, -0.05) is 48.9 Å². The molecule has 0 radical (unpaired) electrons. The Morgan fingerprint density at radius 3 is 2.55 bits per heavy atom. The number of ether oxygens (including phenoxy) is 1. The third-order valence-electron chi connectivity index (χ3n) is 4.10. The molecule has 0 atom stereocenters. The molecule has 0 saturated carbocycles. The minimum Gasteiger partial charge on any atom is -0.544 e. The van der Waals surface area contributed by atoms with E-state index in [4.69, 9.17) is 4.74 Å². The van der Waals surface area contributed by atoms with Gasteiger partial charge in [0.05, 0.1) is 5.97 Å². The van der Waals surface area contributed by atoms with E-state index in [1.807, 2.05) is 50.2 Å². The van der Waals surface area contributed by atoms with E-state index in [0.29, 0.717) is 17.5 Å². The number of thioether (sulfide) groups is 1. The van der Waals surface area contributed by atoms with Gasteiger partial charge in [-0.15, -0.1) is 5.10 Å². The van der Waals surface area contributed by atoms with E-state index in [1.54, 1.807) is 18.2 Å². The van der Waals surface area contributed by atoms with E-state index < -0.39 is 5.97 Å². The van der Waals surface area contributed by atoms with Gasteiger partial charge in [0, 0.05) is 11.3 Å². The lowest BCUT2D eigenvalue weighted by Crippen LogP contribution is -2.23. The molecule has 0 unspecified atom stereocenters. The Hall–Kier alpha value is -3.06. The van der Waals surface area contributed by atoms with Crippen LogP contribution in [0.2, 0.25) is 0 Å². The molecule has 0 bridgehead atoms. The first-order valence-corrected chi connectivity index (χ1v) is 10.2. The minimum atomic E-state index is -1.27. The second-order valence-corrected chi connectivity index (χ2v) is 7.57. The van der Waals surface area contributed by atoms with Crippen molar-refractivity contribution < 1.29 is 14.6 Å². The summed E-state index contributed by atoms with van der Waals surface area (Å²) >= 11 is 0.966. The number of rotatable bonds is 9. The predicted molar refractivity (Wildman–Crippen MR) is 111 cm³/mol. The molecular weight excluding hydrogens is 386 g/mol. The zero-order chi connectivity index (χ0) is 20.6. The van der Waals surface area contributed by atoms with E-state index in [0.717, 1.165) is 41.6 Å². The maximum Gasteiger partial charge on any atom is 0.213 e. The number of aryl methyl sites for hydroxylation is 2. The molecule has 0 aliphatic rings. The topological polar surface area (TPSA) is 90.9 Å². The fourth-order valence-electron chi connectivity index (χ4n) is 2.56. The largest absolute Gasteiger partial charge is 0.544 e. The van der Waals surface area contributed by atoms with Gasteiger partial charge in [-0.2, -0.15) is 0 Å². The van der Waals surface area contributed by atoms with Crippen LogP contribution in [0.1, 0.15) is 35.9 Å². The van der Waals surface area contributed by atoms with Crippen LogP contribution in [0.5, 0.6) is 5.75 Å². The smallest absolute Gasteiger partial charge is 0.213 e. The number of H-pyrrole nitrogens is 1. The number of aliphatic carboxylic acids is 1. The van der Waals surface area contributed by atoms with E-state index in [-0.39, 0.29) is 4.91 Å². The normalized spacial score (nSPS) is 11.4. The van der Waals surface area contributed by atoms with Crippen molar-refractivity contribution in [3.8, 4) is 5.75 Å². The number of carbonyl (C=O) groups is 1. The zero-order valence-corrected chi connectivity index (χ0v) is 17.2. The molecule has 3 rings (SSSR count). The van der Waals surface area contributed by atoms with Crippen LogP contribution in [0, 0.1) is 6.92 Å². The predicted octanol–water partition coefficient (Wildman–Crippen LogP) is 3.53. The summed E-state index contributed by atoms with van der Waals surface area (Å²) in [4.78, 5) is 15.8. The van der Waals surface area contributed by atoms with Gasteiger partial charge in [-0.05, 0) is 54.4 Å². The molecule has 6 nitrogen and oxygen atoms in total. The fourth-order valence-corrected chi connectivity index (χ4v) is 3.29. The second kappa shape index (κ2) is 9.93. The molecule has 0 amide bonds. The van der Waals surface area contributed by atoms with Crippen molar-refractivity contribution in [3.05, 3.63) is 76.0 Å². The maximum atomic E-state index is 11.5. The van der Waals surface area contributed by atoms with Gasteiger partial charge in [0.25, 0.3) is 0 Å². The van der Waals surface area contributed by atoms with E-state index in [1.165, 1.54) is 5.56 Å². The summed E-state index contributed by atoms with van der Waals surface area (Å²) in [6, 6.07) is 15.4. The molecule has 3 aromatic rings. The quantitative estimate of drug-likeness (QED) is 0.430. The summed E-state index contributed by atoms with van der Waals surface area (Å²) in [5, 5.41) is 18.7. The first kappa shape index (κ1) is 20.7. The van der Waals surface area contributed by atoms with Crippen LogP contribution in [-0.4, -0.2) is 21.2 Å². The summed E-state index contributed by atoms with van der Waals surface area (Å²) in [7, 11) is 0. The van der Waals surface area contributed by atoms with Crippen LogP contribution in [0.3, 0.4) is 0 Å². The summed E-state index contributed by atoms with van der Waals surface area (Å²) < 4.78 is 5.78. The number of carboxylic acid groups (broad SMARTS) is 1. The standard InChI is InChI=1S/C22H23N3O3S/c1-3-4-20-23-22(25-24-20)29-19(21(26)27)13-16-9-11-18(12-10-16)28-14-17-7-5-15(2)6-8-17/h5-13H,3-4,14H2,1-2H3,(H,26,27)(H,23,24,25)/p-1/b19-13-. The van der Waals surface area contributed by atoms with Crippen LogP contribution >= 0.6 is 11.8 Å². The lowest BCUT2D eigenvalue weighted by Gasteiger charge is -2.08. The third-order valence-corrected chi connectivity index (χ3v) is 4.97. The number of carboxylic acids is 1. The van der Waals surface area contributed by atoms with Crippen molar-refractivity contribution in [2.24, 2.45) is 0 Å². The van der Waals surface area contributed by atoms with Crippen molar-refractivity contribution in [2.75, 3.05) is 0 Å². The number of nitrogens with zero attached hydrogens (tertiary/aromatic N) is 2. The highest BCUT2D eigenvalue weighted by Gasteiger charge is 2.08. The molecule has 0 saturated heterocycles. The molecule has 1 heterocycles. The SMILES string of the molecule is CCCc1nc(S/C(=C\c2ccc(OCc3ccc(C)cc3)cc2)C(=O)[O-])n[nH]1. The summed E-state index contributed by atoms with van der Waals surface area (Å²) in [6.45, 7) is 4.55. The number of aromatic amines is 1. The van der Waals surface area contributed by atoms with E-state index in [2.05, 4.69) is 15.2 Å². The summed E-state index contributed by atoms with van der Waals surface area (Å²) in [6.07, 6.45) is 3.24. The Labute approximate surface area is 174 Å². The van der Waals surface area contributed by atoms with E-state index >= 15 is 0 Å². The van der Waals surface area contributed by atoms with Crippen LogP contribution in [-0.2, 0) is 17.8 Å². The first-order valence-electron chi connectivity index (χ1n) is 9.34. The number of carbonyl (C=O) groups excluding carboxylic acids is 1. The number of hydrogen-bond acceptors (Lipinski definition) is 6. The molecule has 150 valence electrons. The Balaban J connectivity index is 1.64. The van der Waals surface area contributed by atoms with Crippen LogP contribution in [0.15, 0.2) is 58.6 Å².